The number of fused-ring (bicyclic) bond motifs is 1. The second-order valence-electron chi connectivity index (χ2n) is 5.07. The maximum absolute atomic E-state index is 13.0. The van der Waals surface area contributed by atoms with E-state index in [9.17, 15) is 4.79 Å². The van der Waals surface area contributed by atoms with Crippen molar-refractivity contribution in [3.05, 3.63) is 47.1 Å². The summed E-state index contributed by atoms with van der Waals surface area (Å²) in [5.41, 5.74) is 1.22. The number of hydrogen-bond donors (Lipinski definition) is 0. The predicted octanol–water partition coefficient (Wildman–Crippen LogP) is 3.92. The molecule has 2 heterocycles. The summed E-state index contributed by atoms with van der Waals surface area (Å²) in [4.78, 5) is 13.0. The number of ketones is 1. The Balaban J connectivity index is 2.16. The number of rotatable bonds is 4. The van der Waals surface area contributed by atoms with Gasteiger partial charge in [0, 0.05) is 27.1 Å². The van der Waals surface area contributed by atoms with Gasteiger partial charge in [-0.2, -0.15) is 5.10 Å². The van der Waals surface area contributed by atoms with Crippen molar-refractivity contribution in [3.8, 4) is 5.75 Å². The van der Waals surface area contributed by atoms with Gasteiger partial charge in [-0.1, -0.05) is 18.2 Å². The van der Waals surface area contributed by atoms with Crippen LogP contribution >= 0.6 is 11.3 Å². The van der Waals surface area contributed by atoms with Crippen LogP contribution in [0.4, 0.5) is 0 Å². The van der Waals surface area contributed by atoms with Gasteiger partial charge in [-0.25, -0.2) is 0 Å². The van der Waals surface area contributed by atoms with E-state index in [0.29, 0.717) is 17.0 Å². The maximum Gasteiger partial charge on any atom is 0.216 e. The molecule has 3 aromatic rings. The fourth-order valence-corrected chi connectivity index (χ4v) is 3.33. The minimum Gasteiger partial charge on any atom is -0.493 e. The van der Waals surface area contributed by atoms with E-state index in [0.717, 1.165) is 10.1 Å². The second kappa shape index (κ2) is 5.33. The molecule has 0 unspecified atom stereocenters. The summed E-state index contributed by atoms with van der Waals surface area (Å²) in [6, 6.07) is 8.02. The van der Waals surface area contributed by atoms with Crippen LogP contribution in [0.3, 0.4) is 0 Å². The lowest BCUT2D eigenvalue weighted by molar-refractivity contribution is 0.102. The van der Waals surface area contributed by atoms with Gasteiger partial charge in [0.15, 0.2) is 11.4 Å². The van der Waals surface area contributed by atoms with Crippen molar-refractivity contribution >= 4 is 27.2 Å². The molecule has 0 saturated carbocycles. The molecule has 0 aliphatic carbocycles. The van der Waals surface area contributed by atoms with Crippen LogP contribution in [0.25, 0.3) is 10.1 Å². The van der Waals surface area contributed by atoms with E-state index in [1.807, 2.05) is 43.5 Å². The molecule has 4 nitrogen and oxygen atoms in total. The molecule has 0 aliphatic rings. The molecule has 0 fully saturated rings. The zero-order valence-corrected chi connectivity index (χ0v) is 13.0. The summed E-state index contributed by atoms with van der Waals surface area (Å²) in [6.07, 6.45) is 1.60. The van der Waals surface area contributed by atoms with Crippen molar-refractivity contribution in [2.24, 2.45) is 0 Å². The van der Waals surface area contributed by atoms with Crippen molar-refractivity contribution in [1.82, 2.24) is 9.78 Å². The number of carbonyl (C=O) groups is 1. The van der Waals surface area contributed by atoms with Crippen LogP contribution in [0.5, 0.6) is 5.75 Å². The Morgan fingerprint density at radius 3 is 2.81 bits per heavy atom. The van der Waals surface area contributed by atoms with Gasteiger partial charge in [-0.3, -0.25) is 9.48 Å². The molecule has 0 radical (unpaired) electrons. The van der Waals surface area contributed by atoms with E-state index in [-0.39, 0.29) is 11.8 Å². The normalized spacial score (nSPS) is 11.2. The maximum atomic E-state index is 13.0. The van der Waals surface area contributed by atoms with Crippen molar-refractivity contribution in [2.75, 3.05) is 7.11 Å². The first-order valence-corrected chi connectivity index (χ1v) is 7.64. The standard InChI is InChI=1S/C16H16N2O2S/c1-10(2)18-15(13(20-3)8-17-18)16(19)12-9-21-14-7-5-4-6-11(12)14/h4-10H,1-3H3. The number of hydrogen-bond acceptors (Lipinski definition) is 4. The summed E-state index contributed by atoms with van der Waals surface area (Å²) in [5.74, 6) is 0.472. The molecule has 21 heavy (non-hydrogen) atoms. The van der Waals surface area contributed by atoms with Crippen molar-refractivity contribution in [1.29, 1.82) is 0 Å². The molecule has 1 aromatic carbocycles. The zero-order valence-electron chi connectivity index (χ0n) is 12.2. The lowest BCUT2D eigenvalue weighted by Gasteiger charge is -2.11. The van der Waals surface area contributed by atoms with Crippen LogP contribution in [0.2, 0.25) is 0 Å². The molecule has 0 amide bonds. The highest BCUT2D eigenvalue weighted by molar-refractivity contribution is 7.17. The van der Waals surface area contributed by atoms with Gasteiger partial charge in [0.2, 0.25) is 5.78 Å². The Morgan fingerprint density at radius 2 is 2.10 bits per heavy atom. The zero-order chi connectivity index (χ0) is 15.0. The molecule has 0 N–H and O–H groups in total. The molecule has 3 rings (SSSR count). The monoisotopic (exact) mass is 300 g/mol. The highest BCUT2D eigenvalue weighted by Crippen LogP contribution is 2.31. The van der Waals surface area contributed by atoms with Crippen molar-refractivity contribution in [3.63, 3.8) is 0 Å². The smallest absolute Gasteiger partial charge is 0.216 e. The number of carbonyl (C=O) groups excluding carboxylic acids is 1. The lowest BCUT2D eigenvalue weighted by atomic mass is 10.1. The lowest BCUT2D eigenvalue weighted by Crippen LogP contribution is -2.14. The van der Waals surface area contributed by atoms with Crippen LogP contribution in [0.1, 0.15) is 35.9 Å². The summed E-state index contributed by atoms with van der Waals surface area (Å²) < 4.78 is 8.13. The van der Waals surface area contributed by atoms with Crippen molar-refractivity contribution < 1.29 is 9.53 Å². The second-order valence-corrected chi connectivity index (χ2v) is 5.99. The molecule has 0 bridgehead atoms. The number of aromatic nitrogens is 2. The molecule has 0 saturated heterocycles. The van der Waals surface area contributed by atoms with E-state index in [4.69, 9.17) is 4.74 Å². The highest BCUT2D eigenvalue weighted by atomic mass is 32.1. The Kier molecular flexibility index (Phi) is 3.51. The van der Waals surface area contributed by atoms with E-state index in [2.05, 4.69) is 5.10 Å². The first-order chi connectivity index (χ1) is 10.1. The predicted molar refractivity (Wildman–Crippen MR) is 84.4 cm³/mol. The van der Waals surface area contributed by atoms with Crippen molar-refractivity contribution in [2.45, 2.75) is 19.9 Å². The molecule has 5 heteroatoms. The Labute approximate surface area is 127 Å². The third-order valence-corrected chi connectivity index (χ3v) is 4.38. The number of ether oxygens (including phenoxy) is 1. The minimum absolute atomic E-state index is 0.0458. The number of nitrogens with zero attached hydrogens (tertiary/aromatic N) is 2. The molecule has 0 atom stereocenters. The van der Waals surface area contributed by atoms with Gasteiger partial charge in [0.05, 0.1) is 13.3 Å². The minimum atomic E-state index is -0.0458. The first-order valence-electron chi connectivity index (χ1n) is 6.76. The van der Waals surface area contributed by atoms with E-state index >= 15 is 0 Å². The average molecular weight is 300 g/mol. The van der Waals surface area contributed by atoms with Crippen LogP contribution in [0, 0.1) is 0 Å². The number of thiophene rings is 1. The van der Waals surface area contributed by atoms with Crippen LogP contribution in [-0.2, 0) is 0 Å². The van der Waals surface area contributed by atoms with Gasteiger partial charge in [-0.05, 0) is 19.9 Å². The van der Waals surface area contributed by atoms with Gasteiger partial charge in [0.25, 0.3) is 0 Å². The summed E-state index contributed by atoms with van der Waals surface area (Å²) in [7, 11) is 1.56. The fraction of sp³-hybridized carbons (Fsp3) is 0.250. The molecular weight excluding hydrogens is 284 g/mol. The largest absolute Gasteiger partial charge is 0.493 e. The quantitative estimate of drug-likeness (QED) is 0.686. The van der Waals surface area contributed by atoms with Crippen LogP contribution < -0.4 is 4.74 Å². The highest BCUT2D eigenvalue weighted by Gasteiger charge is 2.24. The van der Waals surface area contributed by atoms with E-state index < -0.39 is 0 Å². The number of methoxy groups -OCH3 is 1. The number of benzene rings is 1. The first kappa shape index (κ1) is 13.8. The molecule has 0 aliphatic heterocycles. The third-order valence-electron chi connectivity index (χ3n) is 3.41. The van der Waals surface area contributed by atoms with Gasteiger partial charge >= 0.3 is 0 Å². The van der Waals surface area contributed by atoms with Crippen LogP contribution in [0.15, 0.2) is 35.8 Å². The third kappa shape index (κ3) is 2.23. The van der Waals surface area contributed by atoms with Gasteiger partial charge < -0.3 is 4.74 Å². The topological polar surface area (TPSA) is 44.1 Å². The molecular formula is C16H16N2O2S. The summed E-state index contributed by atoms with van der Waals surface area (Å²) in [6.45, 7) is 3.99. The van der Waals surface area contributed by atoms with Crippen LogP contribution in [-0.4, -0.2) is 22.7 Å². The molecule has 0 spiro atoms. The Bertz CT molecular complexity index is 802. The summed E-state index contributed by atoms with van der Waals surface area (Å²) in [5, 5.41) is 7.16. The van der Waals surface area contributed by atoms with E-state index in [1.165, 1.54) is 0 Å². The van der Waals surface area contributed by atoms with E-state index in [1.54, 1.807) is 29.3 Å². The van der Waals surface area contributed by atoms with Gasteiger partial charge in [-0.15, -0.1) is 11.3 Å². The SMILES string of the molecule is COc1cnn(C(C)C)c1C(=O)c1csc2ccccc12. The fourth-order valence-electron chi connectivity index (χ4n) is 2.38. The Morgan fingerprint density at radius 1 is 1.33 bits per heavy atom. The molecule has 2 aromatic heterocycles. The molecule has 108 valence electrons. The average Bonchev–Trinajstić information content (AvgIpc) is 3.10. The summed E-state index contributed by atoms with van der Waals surface area (Å²) >= 11 is 1.58. The van der Waals surface area contributed by atoms with Gasteiger partial charge in [0.1, 0.15) is 0 Å². The Hall–Kier alpha value is -2.14.